The summed E-state index contributed by atoms with van der Waals surface area (Å²) >= 11 is 0. The van der Waals surface area contributed by atoms with E-state index in [-0.39, 0.29) is 11.5 Å². The number of fused-ring (bicyclic) bond motifs is 5. The van der Waals surface area contributed by atoms with Crippen LogP contribution < -0.4 is 0 Å². The number of allylic oxidation sites excluding steroid dienone is 1. The van der Waals surface area contributed by atoms with Gasteiger partial charge < -0.3 is 5.11 Å². The van der Waals surface area contributed by atoms with Gasteiger partial charge in [0.2, 0.25) is 0 Å². The SMILES string of the molecule is C[C@]12CC[C@H](O)CC1=CC[C@@H]1C2CC[C@]2(C)/C(=N/Cc3ccccn3)CC[C@@H]12. The molecule has 28 heavy (non-hydrogen) atoms. The van der Waals surface area contributed by atoms with Gasteiger partial charge in [-0.3, -0.25) is 9.98 Å². The molecule has 4 aliphatic rings. The van der Waals surface area contributed by atoms with Crippen LogP contribution in [0, 0.1) is 28.6 Å². The third-order valence-corrected chi connectivity index (χ3v) is 8.98. The lowest BCUT2D eigenvalue weighted by atomic mass is 9.48. The molecule has 1 N–H and O–H groups in total. The Hall–Kier alpha value is -1.48. The van der Waals surface area contributed by atoms with Crippen molar-refractivity contribution < 1.29 is 5.11 Å². The van der Waals surface area contributed by atoms with Gasteiger partial charge in [-0.1, -0.05) is 31.6 Å². The molecule has 0 aliphatic heterocycles. The van der Waals surface area contributed by atoms with Crippen LogP contribution in [-0.2, 0) is 6.54 Å². The molecule has 0 aromatic carbocycles. The minimum atomic E-state index is -0.110. The largest absolute Gasteiger partial charge is 0.393 e. The molecule has 1 aromatic heterocycles. The molecule has 0 radical (unpaired) electrons. The molecule has 3 fully saturated rings. The van der Waals surface area contributed by atoms with Crippen molar-refractivity contribution >= 4 is 5.71 Å². The van der Waals surface area contributed by atoms with Crippen molar-refractivity contribution in [3.05, 3.63) is 41.7 Å². The van der Waals surface area contributed by atoms with Gasteiger partial charge in [0, 0.05) is 17.3 Å². The molecule has 1 heterocycles. The summed E-state index contributed by atoms with van der Waals surface area (Å²) in [5, 5.41) is 10.2. The fourth-order valence-corrected chi connectivity index (χ4v) is 7.36. The number of aliphatic hydroxyl groups is 1. The predicted octanol–water partition coefficient (Wildman–Crippen LogP) is 5.35. The molecular weight excluding hydrogens is 344 g/mol. The minimum Gasteiger partial charge on any atom is -0.393 e. The van der Waals surface area contributed by atoms with E-state index in [4.69, 9.17) is 4.99 Å². The molecule has 1 aromatic rings. The Morgan fingerprint density at radius 2 is 1.93 bits per heavy atom. The van der Waals surface area contributed by atoms with Gasteiger partial charge in [-0.05, 0) is 86.7 Å². The topological polar surface area (TPSA) is 45.5 Å². The van der Waals surface area contributed by atoms with Gasteiger partial charge in [0.25, 0.3) is 0 Å². The van der Waals surface area contributed by atoms with E-state index in [1.54, 1.807) is 5.57 Å². The van der Waals surface area contributed by atoms with E-state index < -0.39 is 0 Å². The quantitative estimate of drug-likeness (QED) is 0.706. The first kappa shape index (κ1) is 18.5. The lowest BCUT2D eigenvalue weighted by Crippen LogP contribution is -2.50. The number of aromatic nitrogens is 1. The van der Waals surface area contributed by atoms with Gasteiger partial charge in [0.1, 0.15) is 0 Å². The average molecular weight is 379 g/mol. The summed E-state index contributed by atoms with van der Waals surface area (Å²) in [4.78, 5) is 9.56. The highest BCUT2D eigenvalue weighted by atomic mass is 16.3. The highest BCUT2D eigenvalue weighted by Crippen LogP contribution is 2.64. The zero-order chi connectivity index (χ0) is 19.4. The van der Waals surface area contributed by atoms with Crippen LogP contribution in [0.1, 0.15) is 70.9 Å². The van der Waals surface area contributed by atoms with Crippen LogP contribution in [0.3, 0.4) is 0 Å². The Balaban J connectivity index is 1.39. The molecule has 1 unspecified atom stereocenters. The van der Waals surface area contributed by atoms with Gasteiger partial charge in [-0.2, -0.15) is 0 Å². The number of aliphatic hydroxyl groups excluding tert-OH is 1. The zero-order valence-corrected chi connectivity index (χ0v) is 17.4. The maximum atomic E-state index is 10.2. The van der Waals surface area contributed by atoms with Gasteiger partial charge >= 0.3 is 0 Å². The first-order valence-electron chi connectivity index (χ1n) is 11.3. The Morgan fingerprint density at radius 1 is 1.11 bits per heavy atom. The van der Waals surface area contributed by atoms with Gasteiger partial charge in [0.05, 0.1) is 18.3 Å². The van der Waals surface area contributed by atoms with E-state index >= 15 is 0 Å². The molecular formula is C25H34N2O. The van der Waals surface area contributed by atoms with Crippen LogP contribution >= 0.6 is 0 Å². The second-order valence-electron chi connectivity index (χ2n) is 10.2. The first-order valence-corrected chi connectivity index (χ1v) is 11.3. The summed E-state index contributed by atoms with van der Waals surface area (Å²) in [5.74, 6) is 2.37. The normalized spacial score (nSPS) is 43.8. The molecule has 0 spiro atoms. The van der Waals surface area contributed by atoms with Crippen LogP contribution in [0.4, 0.5) is 0 Å². The summed E-state index contributed by atoms with van der Waals surface area (Å²) in [5.41, 5.74) is 4.72. The lowest BCUT2D eigenvalue weighted by molar-refractivity contribution is -0.0209. The molecule has 150 valence electrons. The summed E-state index contributed by atoms with van der Waals surface area (Å²) in [7, 11) is 0. The van der Waals surface area contributed by atoms with Gasteiger partial charge in [0.15, 0.2) is 0 Å². The fraction of sp³-hybridized carbons (Fsp3) is 0.680. The molecule has 6 atom stereocenters. The average Bonchev–Trinajstić information content (AvgIpc) is 3.04. The van der Waals surface area contributed by atoms with Crippen molar-refractivity contribution in [2.75, 3.05) is 0 Å². The Bertz CT molecular complexity index is 800. The molecule has 3 nitrogen and oxygen atoms in total. The summed E-state index contributed by atoms with van der Waals surface area (Å²) < 4.78 is 0. The van der Waals surface area contributed by atoms with Crippen LogP contribution in [0.2, 0.25) is 0 Å². The Labute approximate surface area is 169 Å². The second kappa shape index (κ2) is 6.79. The van der Waals surface area contributed by atoms with Crippen molar-refractivity contribution in [3.63, 3.8) is 0 Å². The van der Waals surface area contributed by atoms with Crippen LogP contribution in [0.25, 0.3) is 0 Å². The Kier molecular flexibility index (Phi) is 4.50. The predicted molar refractivity (Wildman–Crippen MR) is 113 cm³/mol. The van der Waals surface area contributed by atoms with E-state index in [2.05, 4.69) is 37.0 Å². The maximum Gasteiger partial charge on any atom is 0.0811 e. The van der Waals surface area contributed by atoms with Gasteiger partial charge in [-0.25, -0.2) is 0 Å². The first-order chi connectivity index (χ1) is 13.5. The van der Waals surface area contributed by atoms with E-state index in [9.17, 15) is 5.11 Å². The third-order valence-electron chi connectivity index (χ3n) is 8.98. The maximum absolute atomic E-state index is 10.2. The van der Waals surface area contributed by atoms with Crippen LogP contribution in [-0.4, -0.2) is 21.9 Å². The van der Waals surface area contributed by atoms with E-state index in [0.717, 1.165) is 42.8 Å². The molecule has 3 heteroatoms. The van der Waals surface area contributed by atoms with Crippen molar-refractivity contribution in [3.8, 4) is 0 Å². The number of nitrogens with zero attached hydrogens (tertiary/aromatic N) is 2. The Morgan fingerprint density at radius 3 is 2.75 bits per heavy atom. The van der Waals surface area contributed by atoms with Crippen molar-refractivity contribution in [1.82, 2.24) is 4.98 Å². The molecule has 0 saturated heterocycles. The van der Waals surface area contributed by atoms with E-state index in [0.29, 0.717) is 5.41 Å². The smallest absolute Gasteiger partial charge is 0.0811 e. The minimum absolute atomic E-state index is 0.110. The number of pyridine rings is 1. The summed E-state index contributed by atoms with van der Waals surface area (Å²) in [6, 6.07) is 6.11. The molecule has 4 aliphatic carbocycles. The van der Waals surface area contributed by atoms with E-state index in [1.807, 2.05) is 12.3 Å². The van der Waals surface area contributed by atoms with Crippen molar-refractivity contribution in [2.24, 2.45) is 33.6 Å². The summed E-state index contributed by atoms with van der Waals surface area (Å²) in [6.07, 6.45) is 13.7. The van der Waals surface area contributed by atoms with Crippen molar-refractivity contribution in [2.45, 2.75) is 77.9 Å². The van der Waals surface area contributed by atoms with Crippen molar-refractivity contribution in [1.29, 1.82) is 0 Å². The highest BCUT2D eigenvalue weighted by molar-refractivity contribution is 5.92. The molecule has 0 amide bonds. The number of aliphatic imine (C=N–C) groups is 1. The number of hydrogen-bond acceptors (Lipinski definition) is 3. The lowest BCUT2D eigenvalue weighted by Gasteiger charge is -2.57. The van der Waals surface area contributed by atoms with E-state index in [1.165, 1.54) is 44.2 Å². The zero-order valence-electron chi connectivity index (χ0n) is 17.4. The highest BCUT2D eigenvalue weighted by Gasteiger charge is 2.57. The second-order valence-corrected chi connectivity index (χ2v) is 10.2. The molecule has 5 rings (SSSR count). The standard InChI is InChI=1S/C25H34N2O/c1-24-12-10-19(28)15-17(24)6-7-20-21-8-9-23(25(21,2)13-11-22(20)24)27-16-18-5-3-4-14-26-18/h3-6,14,19-22,28H,7-13,15-16H2,1-2H3/b27-23+/t19-,20-,21-,22?,24-,25-/m0/s1. The molecule has 3 saturated carbocycles. The van der Waals surface area contributed by atoms with Crippen LogP contribution in [0.15, 0.2) is 41.0 Å². The summed E-state index contributed by atoms with van der Waals surface area (Å²) in [6.45, 7) is 5.74. The van der Waals surface area contributed by atoms with Crippen LogP contribution in [0.5, 0.6) is 0 Å². The third kappa shape index (κ3) is 2.81. The van der Waals surface area contributed by atoms with Gasteiger partial charge in [-0.15, -0.1) is 0 Å². The number of hydrogen-bond donors (Lipinski definition) is 1. The fourth-order valence-electron chi connectivity index (χ4n) is 7.36. The number of rotatable bonds is 2. The monoisotopic (exact) mass is 378 g/mol. The molecule has 0 bridgehead atoms.